The van der Waals surface area contributed by atoms with Crippen LogP contribution in [-0.4, -0.2) is 17.1 Å². The lowest BCUT2D eigenvalue weighted by Crippen LogP contribution is -2.61. The van der Waals surface area contributed by atoms with Gasteiger partial charge in [0.2, 0.25) is 0 Å². The van der Waals surface area contributed by atoms with Crippen molar-refractivity contribution in [2.24, 2.45) is 0 Å². The summed E-state index contributed by atoms with van der Waals surface area (Å²) < 4.78 is 0. The lowest BCUT2D eigenvalue weighted by atomic mass is 9.79. The molecule has 2 nitrogen and oxygen atoms in total. The molecule has 1 aliphatic rings. The molecule has 1 heterocycles. The number of halogens is 1. The van der Waals surface area contributed by atoms with E-state index in [4.69, 9.17) is 11.6 Å². The van der Waals surface area contributed by atoms with Crippen molar-refractivity contribution in [3.05, 3.63) is 34.9 Å². The zero-order valence-corrected chi connectivity index (χ0v) is 13.1. The third-order valence-electron chi connectivity index (χ3n) is 3.67. The molecule has 0 saturated carbocycles. The molecule has 0 unspecified atom stereocenters. The van der Waals surface area contributed by atoms with Crippen LogP contribution in [0.3, 0.4) is 0 Å². The summed E-state index contributed by atoms with van der Waals surface area (Å²) in [6.07, 6.45) is 2.30. The van der Waals surface area contributed by atoms with E-state index in [1.54, 1.807) is 0 Å². The standard InChI is InChI=1S/C16H25ClN2/c1-15(2)9-14(10-16(3,4)19-15)18-11-12-6-5-7-13(17)8-12/h5-8,14,18-19H,9-11H2,1-4H3. The van der Waals surface area contributed by atoms with Crippen LogP contribution in [-0.2, 0) is 6.54 Å². The van der Waals surface area contributed by atoms with Gasteiger partial charge in [-0.25, -0.2) is 0 Å². The van der Waals surface area contributed by atoms with Crippen molar-refractivity contribution < 1.29 is 0 Å². The van der Waals surface area contributed by atoms with Gasteiger partial charge < -0.3 is 10.6 Å². The summed E-state index contributed by atoms with van der Waals surface area (Å²) in [6, 6.07) is 8.63. The summed E-state index contributed by atoms with van der Waals surface area (Å²) in [6.45, 7) is 10.0. The van der Waals surface area contributed by atoms with Crippen molar-refractivity contribution in [1.82, 2.24) is 10.6 Å². The summed E-state index contributed by atoms with van der Waals surface area (Å²) in [5.74, 6) is 0. The lowest BCUT2D eigenvalue weighted by molar-refractivity contribution is 0.145. The number of nitrogens with one attached hydrogen (secondary N) is 2. The molecule has 0 aromatic heterocycles. The van der Waals surface area contributed by atoms with Gasteiger partial charge in [0.1, 0.15) is 0 Å². The van der Waals surface area contributed by atoms with Crippen LogP contribution in [0.2, 0.25) is 5.02 Å². The average Bonchev–Trinajstić information content (AvgIpc) is 2.22. The van der Waals surface area contributed by atoms with E-state index >= 15 is 0 Å². The van der Waals surface area contributed by atoms with Crippen LogP contribution in [0.4, 0.5) is 0 Å². The fraction of sp³-hybridized carbons (Fsp3) is 0.625. The Morgan fingerprint density at radius 3 is 2.42 bits per heavy atom. The maximum absolute atomic E-state index is 6.02. The summed E-state index contributed by atoms with van der Waals surface area (Å²) in [5.41, 5.74) is 1.63. The fourth-order valence-corrected chi connectivity index (χ4v) is 3.59. The third kappa shape index (κ3) is 4.48. The minimum atomic E-state index is 0.188. The monoisotopic (exact) mass is 280 g/mol. The molecule has 0 aliphatic carbocycles. The number of piperidine rings is 1. The Hall–Kier alpha value is -0.570. The molecule has 1 aliphatic heterocycles. The molecule has 3 heteroatoms. The average molecular weight is 281 g/mol. The zero-order valence-electron chi connectivity index (χ0n) is 12.4. The van der Waals surface area contributed by atoms with Gasteiger partial charge in [-0.05, 0) is 58.2 Å². The van der Waals surface area contributed by atoms with Crippen LogP contribution in [0.5, 0.6) is 0 Å². The molecule has 19 heavy (non-hydrogen) atoms. The quantitative estimate of drug-likeness (QED) is 0.881. The van der Waals surface area contributed by atoms with Crippen molar-refractivity contribution in [2.75, 3.05) is 0 Å². The Kier molecular flexibility index (Phi) is 4.24. The van der Waals surface area contributed by atoms with Gasteiger partial charge in [0.25, 0.3) is 0 Å². The van der Waals surface area contributed by atoms with Crippen LogP contribution < -0.4 is 10.6 Å². The van der Waals surface area contributed by atoms with Crippen molar-refractivity contribution in [1.29, 1.82) is 0 Å². The minimum Gasteiger partial charge on any atom is -0.310 e. The second kappa shape index (κ2) is 5.43. The fourth-order valence-electron chi connectivity index (χ4n) is 3.38. The van der Waals surface area contributed by atoms with E-state index in [-0.39, 0.29) is 11.1 Å². The molecular weight excluding hydrogens is 256 g/mol. The predicted molar refractivity (Wildman–Crippen MR) is 82.6 cm³/mol. The summed E-state index contributed by atoms with van der Waals surface area (Å²) in [5, 5.41) is 8.20. The van der Waals surface area contributed by atoms with E-state index in [2.05, 4.69) is 44.4 Å². The molecule has 1 aromatic rings. The van der Waals surface area contributed by atoms with Gasteiger partial charge in [0.05, 0.1) is 0 Å². The molecule has 0 atom stereocenters. The summed E-state index contributed by atoms with van der Waals surface area (Å²) >= 11 is 6.02. The van der Waals surface area contributed by atoms with Crippen molar-refractivity contribution >= 4 is 11.6 Å². The highest BCUT2D eigenvalue weighted by molar-refractivity contribution is 6.30. The molecule has 2 N–H and O–H groups in total. The molecule has 1 fully saturated rings. The Balaban J connectivity index is 1.96. The molecule has 1 saturated heterocycles. The molecule has 106 valence electrons. The van der Waals surface area contributed by atoms with Crippen LogP contribution in [0.15, 0.2) is 24.3 Å². The first kappa shape index (κ1) is 14.8. The maximum atomic E-state index is 6.02. The molecule has 2 rings (SSSR count). The van der Waals surface area contributed by atoms with Gasteiger partial charge in [-0.1, -0.05) is 23.7 Å². The van der Waals surface area contributed by atoms with Crippen LogP contribution in [0.1, 0.15) is 46.1 Å². The zero-order chi connectivity index (χ0) is 14.1. The topological polar surface area (TPSA) is 24.1 Å². The molecule has 1 aromatic carbocycles. The van der Waals surface area contributed by atoms with E-state index in [9.17, 15) is 0 Å². The molecule has 0 amide bonds. The van der Waals surface area contributed by atoms with E-state index in [0.29, 0.717) is 6.04 Å². The highest BCUT2D eigenvalue weighted by atomic mass is 35.5. The Morgan fingerprint density at radius 1 is 1.21 bits per heavy atom. The largest absolute Gasteiger partial charge is 0.310 e. The summed E-state index contributed by atoms with van der Waals surface area (Å²) in [4.78, 5) is 0. The lowest BCUT2D eigenvalue weighted by Gasteiger charge is -2.46. The first-order chi connectivity index (χ1) is 8.76. The van der Waals surface area contributed by atoms with Gasteiger partial charge in [0.15, 0.2) is 0 Å². The number of benzene rings is 1. The van der Waals surface area contributed by atoms with E-state index < -0.39 is 0 Å². The summed E-state index contributed by atoms with van der Waals surface area (Å²) in [7, 11) is 0. The van der Waals surface area contributed by atoms with E-state index in [1.807, 2.05) is 18.2 Å². The van der Waals surface area contributed by atoms with Gasteiger partial charge in [-0.15, -0.1) is 0 Å². The van der Waals surface area contributed by atoms with Gasteiger partial charge in [-0.3, -0.25) is 0 Å². The molecule has 0 bridgehead atoms. The molecule has 0 radical (unpaired) electrons. The van der Waals surface area contributed by atoms with Gasteiger partial charge in [0, 0.05) is 28.7 Å². The highest BCUT2D eigenvalue weighted by Crippen LogP contribution is 2.28. The Labute approximate surface area is 121 Å². The van der Waals surface area contributed by atoms with Crippen molar-refractivity contribution in [3.63, 3.8) is 0 Å². The van der Waals surface area contributed by atoms with Gasteiger partial charge >= 0.3 is 0 Å². The minimum absolute atomic E-state index is 0.188. The Morgan fingerprint density at radius 2 is 1.84 bits per heavy atom. The smallest absolute Gasteiger partial charge is 0.0409 e. The van der Waals surface area contributed by atoms with Crippen LogP contribution in [0, 0.1) is 0 Å². The maximum Gasteiger partial charge on any atom is 0.0409 e. The second-order valence-corrected chi connectivity index (χ2v) is 7.45. The normalized spacial score (nSPS) is 22.4. The molecular formula is C16H25ClN2. The SMILES string of the molecule is CC1(C)CC(NCc2cccc(Cl)c2)CC(C)(C)N1. The molecule has 0 spiro atoms. The van der Waals surface area contributed by atoms with Crippen molar-refractivity contribution in [2.45, 2.75) is 64.2 Å². The first-order valence-corrected chi connectivity index (χ1v) is 7.41. The van der Waals surface area contributed by atoms with E-state index in [1.165, 1.54) is 5.56 Å². The highest BCUT2D eigenvalue weighted by Gasteiger charge is 2.37. The van der Waals surface area contributed by atoms with E-state index in [0.717, 1.165) is 24.4 Å². The first-order valence-electron chi connectivity index (χ1n) is 7.03. The number of rotatable bonds is 3. The predicted octanol–water partition coefficient (Wildman–Crippen LogP) is 3.74. The van der Waals surface area contributed by atoms with Gasteiger partial charge in [-0.2, -0.15) is 0 Å². The van der Waals surface area contributed by atoms with Crippen LogP contribution >= 0.6 is 11.6 Å². The number of hydrogen-bond acceptors (Lipinski definition) is 2. The van der Waals surface area contributed by atoms with Crippen molar-refractivity contribution in [3.8, 4) is 0 Å². The second-order valence-electron chi connectivity index (χ2n) is 7.01. The third-order valence-corrected chi connectivity index (χ3v) is 3.91. The number of hydrogen-bond donors (Lipinski definition) is 2. The van der Waals surface area contributed by atoms with Crippen LogP contribution in [0.25, 0.3) is 0 Å². The Bertz CT molecular complexity index is 424.